The van der Waals surface area contributed by atoms with E-state index in [1.54, 1.807) is 42.4 Å². The zero-order valence-corrected chi connectivity index (χ0v) is 13.7. The number of amides is 1. The van der Waals surface area contributed by atoms with Crippen LogP contribution in [0.25, 0.3) is 0 Å². The Morgan fingerprint density at radius 2 is 1.76 bits per heavy atom. The minimum absolute atomic E-state index is 0.185. The Kier molecular flexibility index (Phi) is 4.72. The highest BCUT2D eigenvalue weighted by molar-refractivity contribution is 6.04. The molecule has 5 heteroatoms. The lowest BCUT2D eigenvalue weighted by Crippen LogP contribution is -2.27. The van der Waals surface area contributed by atoms with Gasteiger partial charge in [-0.05, 0) is 48.5 Å². The van der Waals surface area contributed by atoms with Gasteiger partial charge < -0.3 is 10.2 Å². The number of hydrogen-bond acceptors (Lipinski definition) is 4. The van der Waals surface area contributed by atoms with Crippen molar-refractivity contribution in [2.24, 2.45) is 0 Å². The van der Waals surface area contributed by atoms with E-state index in [1.165, 1.54) is 0 Å². The largest absolute Gasteiger partial charge is 0.355 e. The summed E-state index contributed by atoms with van der Waals surface area (Å²) >= 11 is 0. The third-order valence-corrected chi connectivity index (χ3v) is 3.73. The van der Waals surface area contributed by atoms with Crippen molar-refractivity contribution in [1.29, 1.82) is 5.26 Å². The fourth-order valence-corrected chi connectivity index (χ4v) is 2.36. The minimum Gasteiger partial charge on any atom is -0.355 e. The number of nitrogens with one attached hydrogen (secondary N) is 1. The molecule has 0 atom stereocenters. The molecule has 0 radical (unpaired) electrons. The Morgan fingerprint density at radius 1 is 1.04 bits per heavy atom. The first-order valence-corrected chi connectivity index (χ1v) is 7.74. The molecule has 0 aliphatic rings. The van der Waals surface area contributed by atoms with E-state index < -0.39 is 0 Å². The molecule has 3 aromatic rings. The van der Waals surface area contributed by atoms with E-state index >= 15 is 0 Å². The summed E-state index contributed by atoms with van der Waals surface area (Å²) in [6, 6.07) is 22.1. The van der Waals surface area contributed by atoms with Crippen LogP contribution in [0.5, 0.6) is 0 Å². The van der Waals surface area contributed by atoms with Crippen LogP contribution in [-0.2, 0) is 0 Å². The molecule has 0 saturated heterocycles. The van der Waals surface area contributed by atoms with Crippen molar-refractivity contribution in [2.75, 3.05) is 17.3 Å². The van der Waals surface area contributed by atoms with Gasteiger partial charge in [-0.1, -0.05) is 18.2 Å². The second-order valence-corrected chi connectivity index (χ2v) is 5.44. The molecule has 0 bridgehead atoms. The number of carbonyl (C=O) groups is 1. The molecule has 5 nitrogen and oxygen atoms in total. The Balaban J connectivity index is 1.78. The monoisotopic (exact) mass is 328 g/mol. The van der Waals surface area contributed by atoms with E-state index in [2.05, 4.69) is 16.4 Å². The highest BCUT2D eigenvalue weighted by Gasteiger charge is 2.15. The molecule has 2 aromatic carbocycles. The Labute approximate surface area is 146 Å². The number of pyridine rings is 1. The predicted octanol–water partition coefficient (Wildman–Crippen LogP) is 3.97. The summed E-state index contributed by atoms with van der Waals surface area (Å²) in [5.74, 6) is -0.185. The van der Waals surface area contributed by atoms with Gasteiger partial charge in [0.25, 0.3) is 5.91 Å². The normalized spacial score (nSPS) is 9.92. The number of benzene rings is 2. The second kappa shape index (κ2) is 7.28. The van der Waals surface area contributed by atoms with Crippen molar-refractivity contribution in [3.8, 4) is 6.07 Å². The highest BCUT2D eigenvalue weighted by Crippen LogP contribution is 2.19. The third-order valence-electron chi connectivity index (χ3n) is 3.73. The molecule has 122 valence electrons. The fourth-order valence-electron chi connectivity index (χ4n) is 2.36. The van der Waals surface area contributed by atoms with Gasteiger partial charge in [-0.25, -0.2) is 0 Å². The number of rotatable bonds is 4. The SMILES string of the molecule is CN(C(=O)c1cc(Nc2ccc(C#N)cc2)ccn1)c1ccccc1. The molecule has 1 N–H and O–H groups in total. The topological polar surface area (TPSA) is 69.0 Å². The van der Waals surface area contributed by atoms with Gasteiger partial charge in [-0.2, -0.15) is 5.26 Å². The smallest absolute Gasteiger partial charge is 0.276 e. The van der Waals surface area contributed by atoms with Crippen LogP contribution in [0.1, 0.15) is 16.1 Å². The lowest BCUT2D eigenvalue weighted by Gasteiger charge is -2.17. The van der Waals surface area contributed by atoms with Crippen molar-refractivity contribution in [3.05, 3.63) is 84.2 Å². The Bertz CT molecular complexity index is 914. The quantitative estimate of drug-likeness (QED) is 0.786. The number of hydrogen-bond donors (Lipinski definition) is 1. The molecule has 0 spiro atoms. The first-order chi connectivity index (χ1) is 12.2. The zero-order valence-electron chi connectivity index (χ0n) is 13.7. The van der Waals surface area contributed by atoms with Crippen LogP contribution in [0.4, 0.5) is 17.1 Å². The summed E-state index contributed by atoms with van der Waals surface area (Å²) in [5.41, 5.74) is 3.34. The van der Waals surface area contributed by atoms with Crippen molar-refractivity contribution in [1.82, 2.24) is 4.98 Å². The summed E-state index contributed by atoms with van der Waals surface area (Å²) in [6.45, 7) is 0. The van der Waals surface area contributed by atoms with Gasteiger partial charge in [-0.3, -0.25) is 9.78 Å². The first kappa shape index (κ1) is 16.2. The van der Waals surface area contributed by atoms with E-state index in [0.717, 1.165) is 17.1 Å². The highest BCUT2D eigenvalue weighted by atomic mass is 16.2. The van der Waals surface area contributed by atoms with Crippen molar-refractivity contribution in [3.63, 3.8) is 0 Å². The molecule has 1 heterocycles. The number of anilines is 3. The van der Waals surface area contributed by atoms with Gasteiger partial charge in [0.15, 0.2) is 0 Å². The molecular formula is C20H16N4O. The molecule has 0 saturated carbocycles. The second-order valence-electron chi connectivity index (χ2n) is 5.44. The molecule has 1 aromatic heterocycles. The van der Waals surface area contributed by atoms with Crippen molar-refractivity contribution < 1.29 is 4.79 Å². The molecule has 0 aliphatic carbocycles. The van der Waals surface area contributed by atoms with Gasteiger partial charge in [-0.15, -0.1) is 0 Å². The Hall–Kier alpha value is -3.65. The van der Waals surface area contributed by atoms with Crippen LogP contribution in [0.15, 0.2) is 72.9 Å². The van der Waals surface area contributed by atoms with Gasteiger partial charge >= 0.3 is 0 Å². The summed E-state index contributed by atoms with van der Waals surface area (Å²) in [6.07, 6.45) is 1.60. The number of nitriles is 1. The average molecular weight is 328 g/mol. The maximum absolute atomic E-state index is 12.6. The van der Waals surface area contributed by atoms with E-state index in [0.29, 0.717) is 11.3 Å². The summed E-state index contributed by atoms with van der Waals surface area (Å²) in [5, 5.41) is 12.0. The molecule has 0 fully saturated rings. The van der Waals surface area contributed by atoms with Crippen LogP contribution in [0.2, 0.25) is 0 Å². The van der Waals surface area contributed by atoms with Crippen molar-refractivity contribution in [2.45, 2.75) is 0 Å². The molecule has 25 heavy (non-hydrogen) atoms. The Morgan fingerprint density at radius 3 is 2.44 bits per heavy atom. The zero-order chi connectivity index (χ0) is 17.6. The first-order valence-electron chi connectivity index (χ1n) is 7.74. The molecule has 3 rings (SSSR count). The summed E-state index contributed by atoms with van der Waals surface area (Å²) < 4.78 is 0. The van der Waals surface area contributed by atoms with Crippen LogP contribution < -0.4 is 10.2 Å². The maximum atomic E-state index is 12.6. The van der Waals surface area contributed by atoms with E-state index in [4.69, 9.17) is 5.26 Å². The van der Waals surface area contributed by atoms with Gasteiger partial charge in [0.2, 0.25) is 0 Å². The van der Waals surface area contributed by atoms with Crippen molar-refractivity contribution >= 4 is 23.0 Å². The number of aromatic nitrogens is 1. The molecule has 1 amide bonds. The minimum atomic E-state index is -0.185. The van der Waals surface area contributed by atoms with Gasteiger partial charge in [0, 0.05) is 30.3 Å². The van der Waals surface area contributed by atoms with Crippen LogP contribution in [0, 0.1) is 11.3 Å². The third kappa shape index (κ3) is 3.82. The lowest BCUT2D eigenvalue weighted by atomic mass is 10.2. The number of carbonyl (C=O) groups excluding carboxylic acids is 1. The number of nitrogens with zero attached hydrogens (tertiary/aromatic N) is 3. The maximum Gasteiger partial charge on any atom is 0.276 e. The van der Waals surface area contributed by atoms with Crippen LogP contribution in [0.3, 0.4) is 0 Å². The van der Waals surface area contributed by atoms with Crippen LogP contribution >= 0.6 is 0 Å². The fraction of sp³-hybridized carbons (Fsp3) is 0.0500. The summed E-state index contributed by atoms with van der Waals surface area (Å²) in [7, 11) is 1.72. The molecular weight excluding hydrogens is 312 g/mol. The predicted molar refractivity (Wildman–Crippen MR) is 97.9 cm³/mol. The standard InChI is InChI=1S/C20H16N4O/c1-24(18-5-3-2-4-6-18)20(25)19-13-17(11-12-22-19)23-16-9-7-15(14-21)8-10-16/h2-13H,1H3,(H,22,23). The van der Waals surface area contributed by atoms with E-state index in [1.807, 2.05) is 42.5 Å². The average Bonchev–Trinajstić information content (AvgIpc) is 2.68. The lowest BCUT2D eigenvalue weighted by molar-refractivity contribution is 0.0988. The summed E-state index contributed by atoms with van der Waals surface area (Å²) in [4.78, 5) is 18.4. The van der Waals surface area contributed by atoms with E-state index in [9.17, 15) is 4.79 Å². The van der Waals surface area contributed by atoms with E-state index in [-0.39, 0.29) is 5.91 Å². The van der Waals surface area contributed by atoms with Crippen LogP contribution in [-0.4, -0.2) is 17.9 Å². The number of para-hydroxylation sites is 1. The molecule has 0 aliphatic heterocycles. The van der Waals surface area contributed by atoms with Gasteiger partial charge in [0.05, 0.1) is 11.6 Å². The molecule has 0 unspecified atom stereocenters. The van der Waals surface area contributed by atoms with Gasteiger partial charge in [0.1, 0.15) is 5.69 Å².